The zero-order valence-electron chi connectivity index (χ0n) is 10.2. The predicted molar refractivity (Wildman–Crippen MR) is 81.2 cm³/mol. The maximum Gasteiger partial charge on any atom is 0.254 e. The van der Waals surface area contributed by atoms with Crippen LogP contribution in [0.15, 0.2) is 28.7 Å². The second-order valence-electron chi connectivity index (χ2n) is 4.63. The van der Waals surface area contributed by atoms with Crippen LogP contribution in [-0.4, -0.2) is 28.7 Å². The molecular formula is C14H17Br2NO. The van der Waals surface area contributed by atoms with Gasteiger partial charge in [0.15, 0.2) is 0 Å². The third-order valence-electron chi connectivity index (χ3n) is 3.44. The third kappa shape index (κ3) is 3.35. The van der Waals surface area contributed by atoms with Crippen LogP contribution in [0.1, 0.15) is 36.0 Å². The van der Waals surface area contributed by atoms with Crippen LogP contribution in [0.25, 0.3) is 0 Å². The largest absolute Gasteiger partial charge is 0.335 e. The molecule has 0 aliphatic heterocycles. The van der Waals surface area contributed by atoms with E-state index in [1.165, 1.54) is 12.8 Å². The van der Waals surface area contributed by atoms with Crippen molar-refractivity contribution in [3.63, 3.8) is 0 Å². The molecule has 18 heavy (non-hydrogen) atoms. The van der Waals surface area contributed by atoms with Gasteiger partial charge in [-0.05, 0) is 37.1 Å². The molecule has 1 aliphatic rings. The van der Waals surface area contributed by atoms with Crippen LogP contribution < -0.4 is 0 Å². The number of nitrogens with zero attached hydrogens (tertiary/aromatic N) is 1. The smallest absolute Gasteiger partial charge is 0.254 e. The lowest BCUT2D eigenvalue weighted by molar-refractivity contribution is 0.0696. The lowest BCUT2D eigenvalue weighted by Gasteiger charge is -2.28. The van der Waals surface area contributed by atoms with Crippen molar-refractivity contribution in [2.24, 2.45) is 0 Å². The number of amides is 1. The second kappa shape index (κ2) is 6.71. The summed E-state index contributed by atoms with van der Waals surface area (Å²) in [5.74, 6) is 0.161. The Balaban J connectivity index is 2.14. The van der Waals surface area contributed by atoms with E-state index in [-0.39, 0.29) is 5.91 Å². The van der Waals surface area contributed by atoms with E-state index in [1.54, 1.807) is 0 Å². The van der Waals surface area contributed by atoms with Crippen molar-refractivity contribution < 1.29 is 4.79 Å². The van der Waals surface area contributed by atoms with Gasteiger partial charge in [-0.25, -0.2) is 0 Å². The number of benzene rings is 1. The number of carbonyl (C=O) groups excluding carboxylic acids is 1. The topological polar surface area (TPSA) is 20.3 Å². The Morgan fingerprint density at radius 2 is 1.83 bits per heavy atom. The fourth-order valence-electron chi connectivity index (χ4n) is 2.52. The predicted octanol–water partition coefficient (Wildman–Crippen LogP) is 4.23. The summed E-state index contributed by atoms with van der Waals surface area (Å²) in [6, 6.07) is 8.06. The molecule has 1 fully saturated rings. The molecule has 1 aromatic rings. The molecule has 4 heteroatoms. The van der Waals surface area contributed by atoms with Crippen molar-refractivity contribution in [3.8, 4) is 0 Å². The summed E-state index contributed by atoms with van der Waals surface area (Å²) in [5.41, 5.74) is 0.783. The molecule has 0 heterocycles. The number of hydrogen-bond donors (Lipinski definition) is 0. The average molecular weight is 375 g/mol. The summed E-state index contributed by atoms with van der Waals surface area (Å²) in [4.78, 5) is 14.6. The zero-order chi connectivity index (χ0) is 13.0. The Hall–Kier alpha value is -0.350. The highest BCUT2D eigenvalue weighted by molar-refractivity contribution is 9.10. The molecule has 0 radical (unpaired) electrons. The summed E-state index contributed by atoms with van der Waals surface area (Å²) in [6.45, 7) is 0.791. The van der Waals surface area contributed by atoms with Gasteiger partial charge in [0.2, 0.25) is 0 Å². The number of hydrogen-bond acceptors (Lipinski definition) is 1. The minimum atomic E-state index is 0.161. The Morgan fingerprint density at radius 3 is 2.39 bits per heavy atom. The summed E-state index contributed by atoms with van der Waals surface area (Å²) in [5, 5.41) is 0.839. The number of carbonyl (C=O) groups is 1. The van der Waals surface area contributed by atoms with Gasteiger partial charge < -0.3 is 4.90 Å². The van der Waals surface area contributed by atoms with Crippen molar-refractivity contribution in [3.05, 3.63) is 34.3 Å². The summed E-state index contributed by atoms with van der Waals surface area (Å²) < 4.78 is 1.01. The molecule has 0 aromatic heterocycles. The third-order valence-corrected chi connectivity index (χ3v) is 4.33. The number of halogens is 2. The zero-order valence-corrected chi connectivity index (χ0v) is 13.4. The second-order valence-corrected chi connectivity index (χ2v) is 6.34. The van der Waals surface area contributed by atoms with Crippen LogP contribution in [0.3, 0.4) is 0 Å². The maximum atomic E-state index is 12.5. The molecule has 1 aliphatic carbocycles. The Bertz CT molecular complexity index is 399. The van der Waals surface area contributed by atoms with Crippen molar-refractivity contribution in [1.29, 1.82) is 0 Å². The first-order chi connectivity index (χ1) is 8.72. The van der Waals surface area contributed by atoms with Crippen LogP contribution in [0.5, 0.6) is 0 Å². The summed E-state index contributed by atoms with van der Waals surface area (Å²) in [6.07, 6.45) is 4.79. The van der Waals surface area contributed by atoms with E-state index in [2.05, 4.69) is 31.9 Å². The van der Waals surface area contributed by atoms with Gasteiger partial charge in [0, 0.05) is 28.0 Å². The number of alkyl halides is 1. The van der Waals surface area contributed by atoms with E-state index < -0.39 is 0 Å². The Morgan fingerprint density at radius 1 is 1.22 bits per heavy atom. The molecule has 0 spiro atoms. The van der Waals surface area contributed by atoms with E-state index in [0.717, 1.165) is 34.8 Å². The van der Waals surface area contributed by atoms with Gasteiger partial charge in [-0.15, -0.1) is 0 Å². The molecule has 2 rings (SSSR count). The molecule has 0 atom stereocenters. The van der Waals surface area contributed by atoms with Crippen molar-refractivity contribution in [2.45, 2.75) is 31.7 Å². The van der Waals surface area contributed by atoms with Gasteiger partial charge in [0.1, 0.15) is 0 Å². The highest BCUT2D eigenvalue weighted by atomic mass is 79.9. The normalized spacial score (nSPS) is 15.9. The monoisotopic (exact) mass is 373 g/mol. The Kier molecular flexibility index (Phi) is 5.25. The molecule has 0 unspecified atom stereocenters. The van der Waals surface area contributed by atoms with E-state index in [0.29, 0.717) is 6.04 Å². The van der Waals surface area contributed by atoms with E-state index in [9.17, 15) is 4.79 Å². The fraction of sp³-hybridized carbons (Fsp3) is 0.500. The van der Waals surface area contributed by atoms with Crippen LogP contribution in [0.2, 0.25) is 0 Å². The van der Waals surface area contributed by atoms with E-state index in [4.69, 9.17) is 0 Å². The van der Waals surface area contributed by atoms with E-state index >= 15 is 0 Å². The molecule has 0 saturated heterocycles. The summed E-state index contributed by atoms with van der Waals surface area (Å²) in [7, 11) is 0. The summed E-state index contributed by atoms with van der Waals surface area (Å²) >= 11 is 6.84. The van der Waals surface area contributed by atoms with Crippen molar-refractivity contribution >= 4 is 37.8 Å². The molecule has 98 valence electrons. The molecule has 0 bridgehead atoms. The quantitative estimate of drug-likeness (QED) is 0.722. The number of rotatable bonds is 4. The average Bonchev–Trinajstić information content (AvgIpc) is 2.90. The molecule has 1 amide bonds. The first-order valence-corrected chi connectivity index (χ1v) is 8.26. The van der Waals surface area contributed by atoms with Gasteiger partial charge in [0.05, 0.1) is 0 Å². The molecule has 1 saturated carbocycles. The minimum absolute atomic E-state index is 0.161. The van der Waals surface area contributed by atoms with Crippen molar-refractivity contribution in [2.75, 3.05) is 11.9 Å². The van der Waals surface area contributed by atoms with Gasteiger partial charge in [-0.3, -0.25) is 4.79 Å². The Labute approximate surface area is 125 Å². The van der Waals surface area contributed by atoms with Crippen LogP contribution in [0.4, 0.5) is 0 Å². The van der Waals surface area contributed by atoms with Gasteiger partial charge in [0.25, 0.3) is 5.91 Å². The SMILES string of the molecule is O=C(c1ccc(Br)cc1)N(CCBr)C1CCCC1. The van der Waals surface area contributed by atoms with Gasteiger partial charge >= 0.3 is 0 Å². The lowest BCUT2D eigenvalue weighted by Crippen LogP contribution is -2.40. The highest BCUT2D eigenvalue weighted by Crippen LogP contribution is 2.25. The van der Waals surface area contributed by atoms with Gasteiger partial charge in [-0.1, -0.05) is 44.7 Å². The molecule has 2 nitrogen and oxygen atoms in total. The van der Waals surface area contributed by atoms with Gasteiger partial charge in [-0.2, -0.15) is 0 Å². The van der Waals surface area contributed by atoms with E-state index in [1.807, 2.05) is 29.2 Å². The van der Waals surface area contributed by atoms with Crippen molar-refractivity contribution in [1.82, 2.24) is 4.90 Å². The van der Waals surface area contributed by atoms with Crippen LogP contribution in [-0.2, 0) is 0 Å². The van der Waals surface area contributed by atoms with Crippen LogP contribution in [0, 0.1) is 0 Å². The molecule has 1 aromatic carbocycles. The lowest BCUT2D eigenvalue weighted by atomic mass is 10.1. The fourth-order valence-corrected chi connectivity index (χ4v) is 3.16. The molecular weight excluding hydrogens is 358 g/mol. The molecule has 0 N–H and O–H groups in total. The minimum Gasteiger partial charge on any atom is -0.335 e. The first kappa shape index (κ1) is 14.1. The maximum absolute atomic E-state index is 12.5. The van der Waals surface area contributed by atoms with Crippen LogP contribution >= 0.6 is 31.9 Å². The first-order valence-electron chi connectivity index (χ1n) is 6.35. The standard InChI is InChI=1S/C14H17Br2NO/c15-9-10-17(13-3-1-2-4-13)14(18)11-5-7-12(16)8-6-11/h5-8,13H,1-4,9-10H2. The highest BCUT2D eigenvalue weighted by Gasteiger charge is 2.26.